The summed E-state index contributed by atoms with van der Waals surface area (Å²) in [7, 11) is 0. The summed E-state index contributed by atoms with van der Waals surface area (Å²) in [6, 6.07) is 13.1. The Balaban J connectivity index is 2.02. The molecule has 0 saturated heterocycles. The molecule has 0 unspecified atom stereocenters. The second kappa shape index (κ2) is 5.44. The smallest absolute Gasteiger partial charge is 0.119 e. The molecule has 0 aliphatic carbocycles. The van der Waals surface area contributed by atoms with Crippen LogP contribution in [0.4, 0.5) is 0 Å². The van der Waals surface area contributed by atoms with Gasteiger partial charge in [0.2, 0.25) is 0 Å². The Bertz CT molecular complexity index is 506. The lowest BCUT2D eigenvalue weighted by Crippen LogP contribution is -1.95. The number of hydrogen-bond donors (Lipinski definition) is 0. The predicted octanol–water partition coefficient (Wildman–Crippen LogP) is 4.75. The van der Waals surface area contributed by atoms with E-state index in [0.717, 1.165) is 16.9 Å². The van der Waals surface area contributed by atoms with Crippen LogP contribution in [0.5, 0.6) is 5.75 Å². The molecular weight excluding hydrogens is 255 g/mol. The second-order valence-corrected chi connectivity index (χ2v) is 4.50. The predicted molar refractivity (Wildman–Crippen MR) is 71.7 cm³/mol. The molecule has 0 saturated carbocycles. The van der Waals surface area contributed by atoms with Crippen molar-refractivity contribution in [2.75, 3.05) is 0 Å². The van der Waals surface area contributed by atoms with Gasteiger partial charge in [0.05, 0.1) is 10.0 Å². The monoisotopic (exact) mass is 265 g/mol. The second-order valence-electron chi connectivity index (χ2n) is 3.68. The first-order chi connectivity index (χ1) is 8.15. The highest BCUT2D eigenvalue weighted by Crippen LogP contribution is 2.23. The third-order valence-corrected chi connectivity index (χ3v) is 3.05. The molecule has 0 atom stereocenters. The fraction of sp³-hybridized carbons (Fsp3) is 0.0714. The minimum Gasteiger partial charge on any atom is -0.489 e. The first-order valence-corrected chi connectivity index (χ1v) is 5.89. The number of halogens is 2. The van der Waals surface area contributed by atoms with Crippen molar-refractivity contribution < 1.29 is 4.74 Å². The highest BCUT2D eigenvalue weighted by Gasteiger charge is 2.00. The zero-order chi connectivity index (χ0) is 12.3. The van der Waals surface area contributed by atoms with E-state index < -0.39 is 0 Å². The summed E-state index contributed by atoms with van der Waals surface area (Å²) in [6.07, 6.45) is 0. The van der Waals surface area contributed by atoms with Gasteiger partial charge in [-0.25, -0.2) is 0 Å². The van der Waals surface area contributed by atoms with Gasteiger partial charge in [-0.3, -0.25) is 0 Å². The molecule has 0 N–H and O–H groups in total. The van der Waals surface area contributed by atoms with E-state index in [9.17, 15) is 0 Å². The lowest BCUT2D eigenvalue weighted by Gasteiger charge is -2.07. The van der Waals surface area contributed by atoms with Crippen molar-refractivity contribution in [3.05, 3.63) is 70.6 Å². The molecule has 0 aliphatic heterocycles. The minimum absolute atomic E-state index is 0.466. The minimum atomic E-state index is 0.466. The molecule has 0 spiro atoms. The van der Waals surface area contributed by atoms with E-state index in [0.29, 0.717) is 16.7 Å². The zero-order valence-corrected chi connectivity index (χ0v) is 10.6. The molecule has 2 rings (SSSR count). The number of benzene rings is 2. The maximum absolute atomic E-state index is 5.92. The normalized spacial score (nSPS) is 10.3. The van der Waals surface area contributed by atoms with Gasteiger partial charge in [0.25, 0.3) is 0 Å². The van der Waals surface area contributed by atoms with Crippen molar-refractivity contribution in [2.45, 2.75) is 6.61 Å². The molecule has 17 heavy (non-hydrogen) atoms. The Morgan fingerprint density at radius 2 is 1.65 bits per heavy atom. The van der Waals surface area contributed by atoms with E-state index in [2.05, 4.69) is 6.92 Å². The molecule has 0 fully saturated rings. The fourth-order valence-electron chi connectivity index (χ4n) is 1.38. The van der Waals surface area contributed by atoms with Crippen LogP contribution in [0.1, 0.15) is 11.1 Å². The number of hydrogen-bond acceptors (Lipinski definition) is 1. The van der Waals surface area contributed by atoms with Gasteiger partial charge in [-0.05, 0) is 42.3 Å². The van der Waals surface area contributed by atoms with Crippen LogP contribution in [-0.2, 0) is 6.61 Å². The zero-order valence-electron chi connectivity index (χ0n) is 9.12. The van der Waals surface area contributed by atoms with Gasteiger partial charge in [-0.15, -0.1) is 0 Å². The third kappa shape index (κ3) is 3.39. The van der Waals surface area contributed by atoms with E-state index in [4.69, 9.17) is 27.9 Å². The first kappa shape index (κ1) is 12.3. The third-order valence-electron chi connectivity index (χ3n) is 2.31. The Labute approximate surface area is 111 Å². The molecule has 87 valence electrons. The number of ether oxygens (including phenoxy) is 1. The lowest BCUT2D eigenvalue weighted by molar-refractivity contribution is 0.306. The summed E-state index contributed by atoms with van der Waals surface area (Å²) < 4.78 is 5.61. The summed E-state index contributed by atoms with van der Waals surface area (Å²) in [5.74, 6) is 0.809. The van der Waals surface area contributed by atoms with Crippen LogP contribution in [0.3, 0.4) is 0 Å². The van der Waals surface area contributed by atoms with Gasteiger partial charge in [0.15, 0.2) is 0 Å². The molecule has 1 nitrogen and oxygen atoms in total. The van der Waals surface area contributed by atoms with Crippen molar-refractivity contribution in [1.82, 2.24) is 0 Å². The summed E-state index contributed by atoms with van der Waals surface area (Å²) in [6.45, 7) is 4.28. The fourth-order valence-corrected chi connectivity index (χ4v) is 1.70. The van der Waals surface area contributed by atoms with Crippen LogP contribution in [-0.4, -0.2) is 0 Å². The molecule has 0 aliphatic rings. The maximum atomic E-state index is 5.92. The van der Waals surface area contributed by atoms with Gasteiger partial charge in [-0.2, -0.15) is 0 Å². The van der Waals surface area contributed by atoms with E-state index in [1.807, 2.05) is 30.3 Å². The van der Waals surface area contributed by atoms with Crippen molar-refractivity contribution >= 4 is 23.2 Å². The highest BCUT2D eigenvalue weighted by molar-refractivity contribution is 6.42. The summed E-state index contributed by atoms with van der Waals surface area (Å²) >= 11 is 11.8. The molecule has 0 aromatic heterocycles. The Morgan fingerprint density at radius 3 is 2.29 bits per heavy atom. The SMILES string of the molecule is [CH2]c1ccc(OCc2ccc(Cl)c(Cl)c2)cc1. The van der Waals surface area contributed by atoms with Gasteiger partial charge < -0.3 is 4.74 Å². The van der Waals surface area contributed by atoms with Gasteiger partial charge >= 0.3 is 0 Å². The molecule has 2 aromatic carbocycles. The van der Waals surface area contributed by atoms with E-state index in [-0.39, 0.29) is 0 Å². The first-order valence-electron chi connectivity index (χ1n) is 5.14. The Kier molecular flexibility index (Phi) is 3.93. The molecule has 3 heteroatoms. The maximum Gasteiger partial charge on any atom is 0.119 e. The summed E-state index contributed by atoms with van der Waals surface area (Å²) in [5.41, 5.74) is 1.95. The summed E-state index contributed by atoms with van der Waals surface area (Å²) in [4.78, 5) is 0. The van der Waals surface area contributed by atoms with Gasteiger partial charge in [0, 0.05) is 0 Å². The lowest BCUT2D eigenvalue weighted by atomic mass is 10.2. The van der Waals surface area contributed by atoms with Crippen molar-refractivity contribution in [3.8, 4) is 5.75 Å². The van der Waals surface area contributed by atoms with Crippen LogP contribution < -0.4 is 4.74 Å². The highest BCUT2D eigenvalue weighted by atomic mass is 35.5. The van der Waals surface area contributed by atoms with E-state index >= 15 is 0 Å². The van der Waals surface area contributed by atoms with Gasteiger partial charge in [-0.1, -0.05) is 41.4 Å². The Morgan fingerprint density at radius 1 is 0.941 bits per heavy atom. The van der Waals surface area contributed by atoms with Crippen LogP contribution in [0.2, 0.25) is 10.0 Å². The molecule has 2 aromatic rings. The average molecular weight is 266 g/mol. The number of rotatable bonds is 3. The van der Waals surface area contributed by atoms with Gasteiger partial charge in [0.1, 0.15) is 12.4 Å². The molecule has 0 bridgehead atoms. The average Bonchev–Trinajstić information content (AvgIpc) is 2.33. The van der Waals surface area contributed by atoms with Crippen LogP contribution in [0.15, 0.2) is 42.5 Å². The molecule has 0 heterocycles. The topological polar surface area (TPSA) is 9.23 Å². The van der Waals surface area contributed by atoms with Crippen molar-refractivity contribution in [2.24, 2.45) is 0 Å². The standard InChI is InChI=1S/C14H11Cl2O/c1-10-2-5-12(6-3-10)17-9-11-4-7-13(15)14(16)8-11/h2-8H,1,9H2. The largest absolute Gasteiger partial charge is 0.489 e. The van der Waals surface area contributed by atoms with Crippen LogP contribution in [0.25, 0.3) is 0 Å². The quantitative estimate of drug-likeness (QED) is 0.778. The molecular formula is C14H11Cl2O. The summed E-state index contributed by atoms with van der Waals surface area (Å²) in [5, 5.41) is 1.10. The van der Waals surface area contributed by atoms with Crippen molar-refractivity contribution in [3.63, 3.8) is 0 Å². The van der Waals surface area contributed by atoms with Crippen molar-refractivity contribution in [1.29, 1.82) is 0 Å². The van der Waals surface area contributed by atoms with E-state index in [1.54, 1.807) is 12.1 Å². The molecule has 1 radical (unpaired) electrons. The Hall–Kier alpha value is -1.18. The van der Waals surface area contributed by atoms with Crippen LogP contribution in [0, 0.1) is 6.92 Å². The molecule has 0 amide bonds. The van der Waals surface area contributed by atoms with Crippen LogP contribution >= 0.6 is 23.2 Å². The van der Waals surface area contributed by atoms with E-state index in [1.165, 1.54) is 0 Å².